The van der Waals surface area contributed by atoms with E-state index in [0.717, 1.165) is 11.1 Å². The molecule has 0 saturated heterocycles. The molecule has 0 aliphatic rings. The van der Waals surface area contributed by atoms with Gasteiger partial charge in [0.1, 0.15) is 28.6 Å². The Morgan fingerprint density at radius 2 is 1.67 bits per heavy atom. The highest BCUT2D eigenvalue weighted by Gasteiger charge is 2.23. The first kappa shape index (κ1) is 21.8. The highest BCUT2D eigenvalue weighted by Crippen LogP contribution is 2.30. The Morgan fingerprint density at radius 1 is 1.00 bits per heavy atom. The summed E-state index contributed by atoms with van der Waals surface area (Å²) in [6.07, 6.45) is 0. The molecule has 0 aliphatic heterocycles. The molecule has 2 amide bonds. The molecule has 0 fully saturated rings. The van der Waals surface area contributed by atoms with Crippen molar-refractivity contribution in [3.63, 3.8) is 0 Å². The number of carbonyl (C=O) groups excluding carboxylic acids is 2. The number of halogens is 1. The van der Waals surface area contributed by atoms with Crippen molar-refractivity contribution in [2.45, 2.75) is 13.5 Å². The summed E-state index contributed by atoms with van der Waals surface area (Å²) >= 11 is 0. The summed E-state index contributed by atoms with van der Waals surface area (Å²) in [5.74, 6) is -1.50. The Morgan fingerprint density at radius 3 is 2.33 bits per heavy atom. The molecule has 8 heteroatoms. The lowest BCUT2D eigenvalue weighted by Gasteiger charge is -2.08. The van der Waals surface area contributed by atoms with Crippen LogP contribution in [0.2, 0.25) is 0 Å². The molecule has 0 atom stereocenters. The van der Waals surface area contributed by atoms with E-state index in [1.165, 1.54) is 16.8 Å². The topological polar surface area (TPSA) is 116 Å². The number of aryl methyl sites for hydroxylation is 1. The highest BCUT2D eigenvalue weighted by molar-refractivity contribution is 6.03. The van der Waals surface area contributed by atoms with Crippen molar-refractivity contribution in [2.75, 3.05) is 5.73 Å². The van der Waals surface area contributed by atoms with Crippen LogP contribution in [0, 0.1) is 12.7 Å². The number of benzene rings is 3. The molecule has 1 aromatic heterocycles. The zero-order valence-electron chi connectivity index (χ0n) is 17.9. The van der Waals surface area contributed by atoms with Gasteiger partial charge in [0, 0.05) is 17.7 Å². The zero-order valence-corrected chi connectivity index (χ0v) is 17.9. The Labute approximate surface area is 189 Å². The molecule has 1 heterocycles. The molecular weight excluding hydrogens is 421 g/mol. The standard InChI is InChI=1S/C25H22FN5O2/c1-15-6-2-3-7-18(15)25(33)29-14-16-10-12-17(13-11-16)22-21(24(28)32)23(27)31(30-22)20-9-5-4-8-19(20)26/h2-13H,14,27H2,1H3,(H2,28,32)(H,29,33). The van der Waals surface area contributed by atoms with Crippen molar-refractivity contribution in [3.8, 4) is 16.9 Å². The number of nitrogens with zero attached hydrogens (tertiary/aromatic N) is 2. The van der Waals surface area contributed by atoms with Crippen molar-refractivity contribution in [2.24, 2.45) is 5.73 Å². The van der Waals surface area contributed by atoms with Gasteiger partial charge < -0.3 is 16.8 Å². The van der Waals surface area contributed by atoms with Crippen LogP contribution in [0.15, 0.2) is 72.8 Å². The average molecular weight is 443 g/mol. The molecule has 0 radical (unpaired) electrons. The summed E-state index contributed by atoms with van der Waals surface area (Å²) < 4.78 is 15.5. The van der Waals surface area contributed by atoms with Gasteiger partial charge in [-0.3, -0.25) is 9.59 Å². The number of amides is 2. The first-order chi connectivity index (χ1) is 15.9. The van der Waals surface area contributed by atoms with Crippen LogP contribution in [0.4, 0.5) is 10.2 Å². The van der Waals surface area contributed by atoms with E-state index in [1.807, 2.05) is 25.1 Å². The van der Waals surface area contributed by atoms with Gasteiger partial charge in [-0.25, -0.2) is 9.07 Å². The van der Waals surface area contributed by atoms with E-state index in [-0.39, 0.29) is 28.7 Å². The Hall–Kier alpha value is -4.46. The van der Waals surface area contributed by atoms with E-state index in [0.29, 0.717) is 17.7 Å². The van der Waals surface area contributed by atoms with Gasteiger partial charge in [0.05, 0.1) is 0 Å². The van der Waals surface area contributed by atoms with Crippen molar-refractivity contribution >= 4 is 17.6 Å². The second-order valence-electron chi connectivity index (χ2n) is 7.53. The molecule has 4 aromatic rings. The minimum absolute atomic E-state index is 0.0128. The van der Waals surface area contributed by atoms with E-state index in [1.54, 1.807) is 42.5 Å². The van der Waals surface area contributed by atoms with Gasteiger partial charge in [-0.05, 0) is 36.2 Å². The fourth-order valence-corrected chi connectivity index (χ4v) is 3.57. The van der Waals surface area contributed by atoms with Crippen molar-refractivity contribution in [1.29, 1.82) is 0 Å². The molecule has 0 bridgehead atoms. The maximum Gasteiger partial charge on any atom is 0.254 e. The van der Waals surface area contributed by atoms with Crippen LogP contribution >= 0.6 is 0 Å². The molecule has 0 saturated carbocycles. The number of nitrogens with one attached hydrogen (secondary N) is 1. The van der Waals surface area contributed by atoms with Crippen LogP contribution in [0.25, 0.3) is 16.9 Å². The Kier molecular flexibility index (Phi) is 5.91. The van der Waals surface area contributed by atoms with E-state index in [9.17, 15) is 14.0 Å². The molecule has 0 unspecified atom stereocenters. The van der Waals surface area contributed by atoms with Gasteiger partial charge in [0.25, 0.3) is 11.8 Å². The number of hydrogen-bond acceptors (Lipinski definition) is 4. The summed E-state index contributed by atoms with van der Waals surface area (Å²) in [4.78, 5) is 24.5. The second kappa shape index (κ2) is 8.96. The van der Waals surface area contributed by atoms with Crippen molar-refractivity contribution in [1.82, 2.24) is 15.1 Å². The normalized spacial score (nSPS) is 10.7. The molecule has 0 spiro atoms. The van der Waals surface area contributed by atoms with Gasteiger partial charge >= 0.3 is 0 Å². The number of rotatable bonds is 6. The zero-order chi connectivity index (χ0) is 23.5. The lowest BCUT2D eigenvalue weighted by molar-refractivity contribution is 0.0949. The van der Waals surface area contributed by atoms with Crippen LogP contribution in [0.3, 0.4) is 0 Å². The van der Waals surface area contributed by atoms with Crippen LogP contribution < -0.4 is 16.8 Å². The molecule has 4 rings (SSSR count). The minimum Gasteiger partial charge on any atom is -0.383 e. The fourth-order valence-electron chi connectivity index (χ4n) is 3.57. The Balaban J connectivity index is 1.59. The predicted molar refractivity (Wildman–Crippen MR) is 124 cm³/mol. The van der Waals surface area contributed by atoms with Gasteiger partial charge in [0.15, 0.2) is 0 Å². The number of nitrogens with two attached hydrogens (primary N) is 2. The molecule has 5 N–H and O–H groups in total. The first-order valence-corrected chi connectivity index (χ1v) is 10.2. The monoisotopic (exact) mass is 443 g/mol. The molecule has 3 aromatic carbocycles. The molecule has 0 aliphatic carbocycles. The molecule has 166 valence electrons. The van der Waals surface area contributed by atoms with Gasteiger partial charge in [0.2, 0.25) is 0 Å². The van der Waals surface area contributed by atoms with Crippen LogP contribution in [0.5, 0.6) is 0 Å². The minimum atomic E-state index is -0.764. The van der Waals surface area contributed by atoms with Crippen LogP contribution in [-0.2, 0) is 6.54 Å². The van der Waals surface area contributed by atoms with E-state index < -0.39 is 11.7 Å². The third-order valence-electron chi connectivity index (χ3n) is 5.32. The van der Waals surface area contributed by atoms with Gasteiger partial charge in [-0.2, -0.15) is 5.10 Å². The summed E-state index contributed by atoms with van der Waals surface area (Å²) in [6, 6.07) is 20.4. The third kappa shape index (κ3) is 4.31. The highest BCUT2D eigenvalue weighted by atomic mass is 19.1. The first-order valence-electron chi connectivity index (χ1n) is 10.2. The number of aromatic nitrogens is 2. The number of nitrogen functional groups attached to an aromatic ring is 1. The Bertz CT molecular complexity index is 1350. The fraction of sp³-hybridized carbons (Fsp3) is 0.0800. The number of anilines is 1. The van der Waals surface area contributed by atoms with Crippen LogP contribution in [-0.4, -0.2) is 21.6 Å². The lowest BCUT2D eigenvalue weighted by atomic mass is 10.0. The maximum absolute atomic E-state index is 14.3. The number of primary amides is 1. The largest absolute Gasteiger partial charge is 0.383 e. The van der Waals surface area contributed by atoms with E-state index in [2.05, 4.69) is 10.4 Å². The average Bonchev–Trinajstić information content (AvgIpc) is 3.15. The van der Waals surface area contributed by atoms with Gasteiger partial charge in [-0.1, -0.05) is 54.6 Å². The quantitative estimate of drug-likeness (QED) is 0.422. The SMILES string of the molecule is Cc1ccccc1C(=O)NCc1ccc(-c2nn(-c3ccccc3F)c(N)c2C(N)=O)cc1. The maximum atomic E-state index is 14.3. The molecule has 7 nitrogen and oxygen atoms in total. The van der Waals surface area contributed by atoms with Crippen LogP contribution in [0.1, 0.15) is 31.8 Å². The van der Waals surface area contributed by atoms with Crippen molar-refractivity contribution in [3.05, 3.63) is 101 Å². The molecule has 33 heavy (non-hydrogen) atoms. The summed E-state index contributed by atoms with van der Waals surface area (Å²) in [5, 5.41) is 7.26. The third-order valence-corrected chi connectivity index (χ3v) is 5.32. The second-order valence-corrected chi connectivity index (χ2v) is 7.53. The summed E-state index contributed by atoms with van der Waals surface area (Å²) in [5.41, 5.74) is 15.0. The number of hydrogen-bond donors (Lipinski definition) is 3. The molecular formula is C25H22FN5O2. The van der Waals surface area contributed by atoms with Gasteiger partial charge in [-0.15, -0.1) is 0 Å². The lowest BCUT2D eigenvalue weighted by Crippen LogP contribution is -2.23. The number of para-hydroxylation sites is 1. The smallest absolute Gasteiger partial charge is 0.254 e. The summed E-state index contributed by atoms with van der Waals surface area (Å²) in [7, 11) is 0. The van der Waals surface area contributed by atoms with E-state index >= 15 is 0 Å². The predicted octanol–water partition coefficient (Wildman–Crippen LogP) is 3.60. The van der Waals surface area contributed by atoms with E-state index in [4.69, 9.17) is 11.5 Å². The number of carbonyl (C=O) groups is 2. The summed E-state index contributed by atoms with van der Waals surface area (Å²) in [6.45, 7) is 2.20. The van der Waals surface area contributed by atoms with Crippen molar-refractivity contribution < 1.29 is 14.0 Å².